The second-order valence-corrected chi connectivity index (χ2v) is 8.06. The number of nitrogens with one attached hydrogen (secondary N) is 1. The zero-order valence-electron chi connectivity index (χ0n) is 12.3. The topological polar surface area (TPSA) is 58.6 Å². The summed E-state index contributed by atoms with van der Waals surface area (Å²) in [6, 6.07) is 6.05. The molecular weight excluding hydrogens is 288 g/mol. The van der Waals surface area contributed by atoms with Gasteiger partial charge in [0, 0.05) is 31.9 Å². The van der Waals surface area contributed by atoms with Gasteiger partial charge in [0.1, 0.15) is 11.9 Å². The maximum Gasteiger partial charge on any atom is 0.154 e. The molecule has 2 aliphatic heterocycles. The maximum atomic E-state index is 11.5. The molecule has 1 aromatic carbocycles. The number of hydrogen-bond donors (Lipinski definition) is 1. The Balaban J connectivity index is 1.69. The maximum absolute atomic E-state index is 11.5. The van der Waals surface area contributed by atoms with E-state index in [4.69, 9.17) is 4.74 Å². The normalized spacial score (nSPS) is 25.0. The highest BCUT2D eigenvalue weighted by molar-refractivity contribution is 7.91. The Kier molecular flexibility index (Phi) is 4.08. The van der Waals surface area contributed by atoms with Crippen molar-refractivity contribution in [2.45, 2.75) is 19.4 Å². The molecule has 3 rings (SSSR count). The molecule has 116 valence electrons. The summed E-state index contributed by atoms with van der Waals surface area (Å²) in [5.74, 6) is 1.16. The van der Waals surface area contributed by atoms with E-state index in [1.54, 1.807) is 0 Å². The fourth-order valence-electron chi connectivity index (χ4n) is 3.01. The van der Waals surface area contributed by atoms with Gasteiger partial charge in [-0.25, -0.2) is 8.42 Å². The van der Waals surface area contributed by atoms with Crippen molar-refractivity contribution in [2.75, 3.05) is 42.6 Å². The Bertz CT molecular complexity index is 609. The fraction of sp³-hybridized carbons (Fsp3) is 0.600. The summed E-state index contributed by atoms with van der Waals surface area (Å²) < 4.78 is 28.8. The van der Waals surface area contributed by atoms with Crippen LogP contribution in [-0.4, -0.2) is 52.2 Å². The Labute approximate surface area is 126 Å². The quantitative estimate of drug-likeness (QED) is 0.901. The summed E-state index contributed by atoms with van der Waals surface area (Å²) in [4.78, 5) is 2.37. The molecule has 0 radical (unpaired) electrons. The minimum absolute atomic E-state index is 0.144. The smallest absolute Gasteiger partial charge is 0.154 e. The standard InChI is InChI=1S/C15H22N2O3S/c1-12-10-13(20-14-4-9-21(18,19)11-14)2-3-15(12)17-7-5-16-6-8-17/h2-3,10,14,16H,4-9,11H2,1H3. The van der Waals surface area contributed by atoms with E-state index in [0.717, 1.165) is 31.9 Å². The van der Waals surface area contributed by atoms with Gasteiger partial charge in [0.2, 0.25) is 0 Å². The molecule has 2 fully saturated rings. The lowest BCUT2D eigenvalue weighted by Gasteiger charge is -2.31. The number of rotatable bonds is 3. The molecule has 1 atom stereocenters. The van der Waals surface area contributed by atoms with E-state index in [9.17, 15) is 8.42 Å². The van der Waals surface area contributed by atoms with Crippen LogP contribution in [0, 0.1) is 6.92 Å². The fourth-order valence-corrected chi connectivity index (χ4v) is 4.60. The Morgan fingerprint density at radius 1 is 1.29 bits per heavy atom. The molecule has 2 aliphatic rings. The SMILES string of the molecule is Cc1cc(OC2CCS(=O)(=O)C2)ccc1N1CCNCC1. The van der Waals surface area contributed by atoms with E-state index >= 15 is 0 Å². The van der Waals surface area contributed by atoms with Crippen LogP contribution in [0.4, 0.5) is 5.69 Å². The van der Waals surface area contributed by atoms with Gasteiger partial charge in [-0.15, -0.1) is 0 Å². The minimum Gasteiger partial charge on any atom is -0.489 e. The first-order valence-corrected chi connectivity index (χ1v) is 9.29. The van der Waals surface area contributed by atoms with E-state index in [2.05, 4.69) is 23.2 Å². The molecule has 0 amide bonds. The molecule has 0 spiro atoms. The summed E-state index contributed by atoms with van der Waals surface area (Å²) in [5, 5.41) is 3.35. The monoisotopic (exact) mass is 310 g/mol. The molecule has 1 unspecified atom stereocenters. The highest BCUT2D eigenvalue weighted by Crippen LogP contribution is 2.27. The van der Waals surface area contributed by atoms with Crippen LogP contribution in [0.5, 0.6) is 5.75 Å². The van der Waals surface area contributed by atoms with E-state index < -0.39 is 9.84 Å². The molecule has 5 nitrogen and oxygen atoms in total. The molecule has 0 aliphatic carbocycles. The Morgan fingerprint density at radius 3 is 2.67 bits per heavy atom. The third-order valence-corrected chi connectivity index (χ3v) is 5.86. The van der Waals surface area contributed by atoms with Crippen molar-refractivity contribution in [2.24, 2.45) is 0 Å². The van der Waals surface area contributed by atoms with Crippen molar-refractivity contribution < 1.29 is 13.2 Å². The lowest BCUT2D eigenvalue weighted by Crippen LogP contribution is -2.43. The van der Waals surface area contributed by atoms with Crippen molar-refractivity contribution in [1.29, 1.82) is 0 Å². The number of aryl methyl sites for hydroxylation is 1. The van der Waals surface area contributed by atoms with E-state index in [-0.39, 0.29) is 17.6 Å². The molecule has 21 heavy (non-hydrogen) atoms. The molecule has 0 bridgehead atoms. The van der Waals surface area contributed by atoms with Crippen molar-refractivity contribution in [1.82, 2.24) is 5.32 Å². The Hall–Kier alpha value is -1.27. The molecule has 2 heterocycles. The van der Waals surface area contributed by atoms with Gasteiger partial charge in [-0.1, -0.05) is 0 Å². The number of benzene rings is 1. The van der Waals surface area contributed by atoms with Crippen LogP contribution in [0.3, 0.4) is 0 Å². The highest BCUT2D eigenvalue weighted by atomic mass is 32.2. The number of hydrogen-bond acceptors (Lipinski definition) is 5. The first-order chi connectivity index (χ1) is 10.0. The molecule has 0 saturated carbocycles. The van der Waals surface area contributed by atoms with Gasteiger partial charge < -0.3 is 15.0 Å². The number of nitrogens with zero attached hydrogens (tertiary/aromatic N) is 1. The van der Waals surface area contributed by atoms with Gasteiger partial charge >= 0.3 is 0 Å². The zero-order valence-corrected chi connectivity index (χ0v) is 13.2. The van der Waals surface area contributed by atoms with E-state index in [1.807, 2.05) is 12.1 Å². The summed E-state index contributed by atoms with van der Waals surface area (Å²) in [6.45, 7) is 6.13. The van der Waals surface area contributed by atoms with Crippen LogP contribution >= 0.6 is 0 Å². The van der Waals surface area contributed by atoms with E-state index in [1.165, 1.54) is 11.3 Å². The summed E-state index contributed by atoms with van der Waals surface area (Å²) in [5.41, 5.74) is 2.41. The van der Waals surface area contributed by atoms with Gasteiger partial charge in [0.25, 0.3) is 0 Å². The average Bonchev–Trinajstić information content (AvgIpc) is 2.79. The molecule has 1 aromatic rings. The van der Waals surface area contributed by atoms with Crippen molar-refractivity contribution in [3.63, 3.8) is 0 Å². The third kappa shape index (κ3) is 3.49. The number of sulfone groups is 1. The Morgan fingerprint density at radius 2 is 2.05 bits per heavy atom. The molecule has 0 aromatic heterocycles. The predicted octanol–water partition coefficient (Wildman–Crippen LogP) is 0.971. The first kappa shape index (κ1) is 14.7. The first-order valence-electron chi connectivity index (χ1n) is 7.47. The molecular formula is C15H22N2O3S. The second kappa shape index (κ2) is 5.85. The van der Waals surface area contributed by atoms with Crippen LogP contribution in [0.15, 0.2) is 18.2 Å². The van der Waals surface area contributed by atoms with Crippen molar-refractivity contribution in [3.05, 3.63) is 23.8 Å². The van der Waals surface area contributed by atoms with Crippen LogP contribution in [0.2, 0.25) is 0 Å². The zero-order chi connectivity index (χ0) is 14.9. The third-order valence-electron chi connectivity index (χ3n) is 4.12. The number of anilines is 1. The highest BCUT2D eigenvalue weighted by Gasteiger charge is 2.29. The lowest BCUT2D eigenvalue weighted by molar-refractivity contribution is 0.229. The van der Waals surface area contributed by atoms with Crippen molar-refractivity contribution in [3.8, 4) is 5.75 Å². The molecule has 1 N–H and O–H groups in total. The lowest BCUT2D eigenvalue weighted by atomic mass is 10.1. The minimum atomic E-state index is -2.89. The van der Waals surface area contributed by atoms with Crippen LogP contribution in [-0.2, 0) is 9.84 Å². The van der Waals surface area contributed by atoms with Gasteiger partial charge in [-0.2, -0.15) is 0 Å². The van der Waals surface area contributed by atoms with Crippen LogP contribution < -0.4 is 15.0 Å². The molecule has 6 heteroatoms. The van der Waals surface area contributed by atoms with Crippen LogP contribution in [0.1, 0.15) is 12.0 Å². The average molecular weight is 310 g/mol. The number of piperazine rings is 1. The number of ether oxygens (including phenoxy) is 1. The summed E-state index contributed by atoms with van der Waals surface area (Å²) >= 11 is 0. The van der Waals surface area contributed by atoms with Gasteiger partial charge in [0.15, 0.2) is 9.84 Å². The van der Waals surface area contributed by atoms with Crippen LogP contribution in [0.25, 0.3) is 0 Å². The molecule has 2 saturated heterocycles. The predicted molar refractivity (Wildman–Crippen MR) is 83.9 cm³/mol. The van der Waals surface area contributed by atoms with E-state index in [0.29, 0.717) is 6.42 Å². The van der Waals surface area contributed by atoms with Gasteiger partial charge in [-0.3, -0.25) is 0 Å². The van der Waals surface area contributed by atoms with Gasteiger partial charge in [-0.05, 0) is 37.1 Å². The summed E-state index contributed by atoms with van der Waals surface area (Å²) in [6.07, 6.45) is 0.403. The largest absolute Gasteiger partial charge is 0.489 e. The summed E-state index contributed by atoms with van der Waals surface area (Å²) in [7, 11) is -2.89. The second-order valence-electron chi connectivity index (χ2n) is 5.83. The van der Waals surface area contributed by atoms with Gasteiger partial charge in [0.05, 0.1) is 11.5 Å². The van der Waals surface area contributed by atoms with Crippen molar-refractivity contribution >= 4 is 15.5 Å².